The third-order valence-corrected chi connectivity index (χ3v) is 3.88. The van der Waals surface area contributed by atoms with E-state index in [1.54, 1.807) is 18.2 Å². The normalized spacial score (nSPS) is 10.4. The fourth-order valence-electron chi connectivity index (χ4n) is 2.20. The van der Waals surface area contributed by atoms with Gasteiger partial charge in [0, 0.05) is 22.8 Å². The summed E-state index contributed by atoms with van der Waals surface area (Å²) in [5.41, 5.74) is 2.89. The van der Waals surface area contributed by atoms with Crippen LogP contribution in [0.3, 0.4) is 0 Å². The van der Waals surface area contributed by atoms with Crippen molar-refractivity contribution in [1.29, 1.82) is 0 Å². The molecule has 23 heavy (non-hydrogen) atoms. The largest absolute Gasteiger partial charge is 0.484 e. The molecule has 0 saturated carbocycles. The van der Waals surface area contributed by atoms with Crippen LogP contribution in [0.2, 0.25) is 5.02 Å². The van der Waals surface area contributed by atoms with Crippen LogP contribution in [0.5, 0.6) is 5.75 Å². The highest BCUT2D eigenvalue weighted by Gasteiger charge is 2.08. The minimum Gasteiger partial charge on any atom is -0.484 e. The molecule has 0 bridgehead atoms. The molecule has 122 valence electrons. The summed E-state index contributed by atoms with van der Waals surface area (Å²) in [6.45, 7) is 5.57. The number of halogens is 1. The van der Waals surface area contributed by atoms with Crippen molar-refractivity contribution in [3.63, 3.8) is 0 Å². The summed E-state index contributed by atoms with van der Waals surface area (Å²) < 4.78 is 5.42. The number of hydrogen-bond donors (Lipinski definition) is 2. The van der Waals surface area contributed by atoms with Crippen LogP contribution in [0.25, 0.3) is 0 Å². The first-order valence-corrected chi connectivity index (χ1v) is 7.59. The van der Waals surface area contributed by atoms with Gasteiger partial charge in [0.15, 0.2) is 6.61 Å². The number of amides is 1. The molecular weight excluding hydrogens is 316 g/mol. The molecule has 2 rings (SSSR count). The van der Waals surface area contributed by atoms with Crippen molar-refractivity contribution in [2.45, 2.75) is 27.3 Å². The Morgan fingerprint density at radius 2 is 1.96 bits per heavy atom. The zero-order valence-corrected chi connectivity index (χ0v) is 14.1. The number of aromatic amines is 1. The van der Waals surface area contributed by atoms with Crippen LogP contribution in [0, 0.1) is 20.8 Å². The molecule has 0 aliphatic carbocycles. The average molecular weight is 335 g/mol. The lowest BCUT2D eigenvalue weighted by Gasteiger charge is -2.10. The Labute approximate surface area is 139 Å². The highest BCUT2D eigenvalue weighted by molar-refractivity contribution is 6.31. The minimum atomic E-state index is -0.294. The molecule has 2 N–H and O–H groups in total. The maximum Gasteiger partial charge on any atom is 0.258 e. The van der Waals surface area contributed by atoms with Crippen LogP contribution < -0.4 is 15.6 Å². The van der Waals surface area contributed by atoms with Crippen molar-refractivity contribution in [2.75, 3.05) is 6.61 Å². The van der Waals surface area contributed by atoms with E-state index in [1.165, 1.54) is 0 Å². The molecule has 0 aliphatic heterocycles. The van der Waals surface area contributed by atoms with Gasteiger partial charge in [0.25, 0.3) is 11.5 Å². The van der Waals surface area contributed by atoms with E-state index in [9.17, 15) is 9.59 Å². The number of rotatable bonds is 5. The van der Waals surface area contributed by atoms with Crippen LogP contribution in [0.1, 0.15) is 22.4 Å². The molecule has 1 heterocycles. The molecule has 1 aromatic heterocycles. The number of carbonyl (C=O) groups excluding carboxylic acids is 1. The molecule has 0 atom stereocenters. The number of hydrogen-bond acceptors (Lipinski definition) is 3. The van der Waals surface area contributed by atoms with Gasteiger partial charge in [-0.05, 0) is 56.2 Å². The van der Waals surface area contributed by atoms with E-state index in [2.05, 4.69) is 10.3 Å². The van der Waals surface area contributed by atoms with Crippen LogP contribution >= 0.6 is 11.6 Å². The van der Waals surface area contributed by atoms with Gasteiger partial charge in [-0.15, -0.1) is 0 Å². The van der Waals surface area contributed by atoms with Crippen molar-refractivity contribution in [2.24, 2.45) is 0 Å². The van der Waals surface area contributed by atoms with Gasteiger partial charge < -0.3 is 15.0 Å². The number of carbonyl (C=O) groups is 1. The Morgan fingerprint density at radius 1 is 1.22 bits per heavy atom. The lowest BCUT2D eigenvalue weighted by molar-refractivity contribution is -0.123. The first-order chi connectivity index (χ1) is 10.9. The summed E-state index contributed by atoms with van der Waals surface area (Å²) in [6, 6.07) is 7.07. The van der Waals surface area contributed by atoms with E-state index in [0.717, 1.165) is 16.8 Å². The van der Waals surface area contributed by atoms with Gasteiger partial charge in [-0.3, -0.25) is 9.59 Å². The second kappa shape index (κ2) is 7.33. The van der Waals surface area contributed by atoms with Gasteiger partial charge in [0.1, 0.15) is 5.75 Å². The molecule has 1 amide bonds. The van der Waals surface area contributed by atoms with E-state index in [4.69, 9.17) is 16.3 Å². The molecule has 2 aromatic rings. The maximum atomic E-state index is 11.9. The molecule has 0 saturated heterocycles. The highest BCUT2D eigenvalue weighted by Crippen LogP contribution is 2.20. The van der Waals surface area contributed by atoms with E-state index >= 15 is 0 Å². The van der Waals surface area contributed by atoms with Gasteiger partial charge in [0.05, 0.1) is 0 Å². The summed E-state index contributed by atoms with van der Waals surface area (Å²) >= 11 is 5.93. The summed E-state index contributed by atoms with van der Waals surface area (Å²) in [6.07, 6.45) is 0. The number of nitrogens with one attached hydrogen (secondary N) is 2. The zero-order valence-electron chi connectivity index (χ0n) is 13.3. The topological polar surface area (TPSA) is 71.2 Å². The Bertz CT molecular complexity index is 784. The number of aromatic nitrogens is 1. The average Bonchev–Trinajstić information content (AvgIpc) is 2.47. The zero-order chi connectivity index (χ0) is 17.0. The highest BCUT2D eigenvalue weighted by atomic mass is 35.5. The second-order valence-electron chi connectivity index (χ2n) is 5.42. The third-order valence-electron chi connectivity index (χ3n) is 3.46. The molecule has 5 nitrogen and oxygen atoms in total. The molecule has 0 radical (unpaired) electrons. The van der Waals surface area contributed by atoms with E-state index in [-0.39, 0.29) is 24.6 Å². The summed E-state index contributed by atoms with van der Waals surface area (Å²) in [4.78, 5) is 26.5. The van der Waals surface area contributed by atoms with Gasteiger partial charge in [-0.25, -0.2) is 0 Å². The summed E-state index contributed by atoms with van der Waals surface area (Å²) in [5, 5.41) is 3.34. The van der Waals surface area contributed by atoms with Crippen LogP contribution in [-0.4, -0.2) is 17.5 Å². The first-order valence-electron chi connectivity index (χ1n) is 7.22. The fraction of sp³-hybridized carbons (Fsp3) is 0.294. The van der Waals surface area contributed by atoms with Crippen molar-refractivity contribution in [1.82, 2.24) is 10.3 Å². The van der Waals surface area contributed by atoms with Crippen molar-refractivity contribution in [3.05, 3.63) is 62.0 Å². The van der Waals surface area contributed by atoms with Crippen molar-refractivity contribution < 1.29 is 9.53 Å². The number of ether oxygens (including phenoxy) is 1. The van der Waals surface area contributed by atoms with Gasteiger partial charge in [-0.1, -0.05) is 11.6 Å². The fourth-order valence-corrected chi connectivity index (χ4v) is 2.31. The predicted molar refractivity (Wildman–Crippen MR) is 90.1 cm³/mol. The van der Waals surface area contributed by atoms with Crippen molar-refractivity contribution in [3.8, 4) is 5.75 Å². The van der Waals surface area contributed by atoms with Crippen molar-refractivity contribution >= 4 is 17.5 Å². The monoisotopic (exact) mass is 334 g/mol. The van der Waals surface area contributed by atoms with E-state index in [1.807, 2.05) is 26.8 Å². The molecular formula is C17H19ClN2O3. The molecule has 0 spiro atoms. The Hall–Kier alpha value is -2.27. The Kier molecular flexibility index (Phi) is 5.45. The van der Waals surface area contributed by atoms with Crippen LogP contribution in [-0.2, 0) is 11.3 Å². The van der Waals surface area contributed by atoms with Gasteiger partial charge in [0.2, 0.25) is 0 Å². The Morgan fingerprint density at radius 3 is 2.61 bits per heavy atom. The summed E-state index contributed by atoms with van der Waals surface area (Å²) in [5.74, 6) is 0.281. The lowest BCUT2D eigenvalue weighted by Crippen LogP contribution is -2.31. The van der Waals surface area contributed by atoms with Gasteiger partial charge >= 0.3 is 0 Å². The van der Waals surface area contributed by atoms with Crippen LogP contribution in [0.4, 0.5) is 0 Å². The maximum absolute atomic E-state index is 11.9. The standard InChI is InChI=1S/C17H19ClN2O3/c1-10-6-12(3)20-17(22)14(10)8-19-16(21)9-23-13-4-5-15(18)11(2)7-13/h4-7H,8-9H2,1-3H3,(H,19,21)(H,20,22). The number of aryl methyl sites for hydroxylation is 3. The minimum absolute atomic E-state index is 0.121. The van der Waals surface area contributed by atoms with E-state index < -0.39 is 0 Å². The number of benzene rings is 1. The molecule has 1 aromatic carbocycles. The molecule has 0 unspecified atom stereocenters. The second-order valence-corrected chi connectivity index (χ2v) is 5.83. The van der Waals surface area contributed by atoms with Gasteiger partial charge in [-0.2, -0.15) is 0 Å². The SMILES string of the molecule is Cc1cc(C)c(CNC(=O)COc2ccc(Cl)c(C)c2)c(=O)[nH]1. The Balaban J connectivity index is 1.91. The number of H-pyrrole nitrogens is 1. The number of pyridine rings is 1. The quantitative estimate of drug-likeness (QED) is 0.883. The third kappa shape index (κ3) is 4.60. The lowest BCUT2D eigenvalue weighted by atomic mass is 10.1. The smallest absolute Gasteiger partial charge is 0.258 e. The molecule has 6 heteroatoms. The van der Waals surface area contributed by atoms with E-state index in [0.29, 0.717) is 16.3 Å². The summed E-state index contributed by atoms with van der Waals surface area (Å²) in [7, 11) is 0. The van der Waals surface area contributed by atoms with Crippen LogP contribution in [0.15, 0.2) is 29.1 Å². The molecule has 0 fully saturated rings. The predicted octanol–water partition coefficient (Wildman–Crippen LogP) is 2.65. The first kappa shape index (κ1) is 17.1. The molecule has 0 aliphatic rings.